The Morgan fingerprint density at radius 1 is 1.35 bits per heavy atom. The van der Waals surface area contributed by atoms with Crippen molar-refractivity contribution in [2.75, 3.05) is 5.32 Å². The first-order valence-corrected chi connectivity index (χ1v) is 5.72. The lowest BCUT2D eigenvalue weighted by Crippen LogP contribution is -2.13. The van der Waals surface area contributed by atoms with Crippen molar-refractivity contribution in [3.05, 3.63) is 63.2 Å². The predicted octanol–water partition coefficient (Wildman–Crippen LogP) is 3.03. The van der Waals surface area contributed by atoms with Gasteiger partial charge in [0, 0.05) is 6.07 Å². The highest BCUT2D eigenvalue weighted by atomic mass is 35.5. The Labute approximate surface area is 117 Å². The molecular weight excluding hydrogens is 289 g/mol. The number of anilines is 1. The fraction of sp³-hybridized carbons (Fsp3) is 0. The van der Waals surface area contributed by atoms with Crippen molar-refractivity contribution in [3.8, 4) is 0 Å². The molecule has 1 N–H and O–H groups in total. The van der Waals surface area contributed by atoms with E-state index in [1.165, 1.54) is 18.2 Å². The number of nitrogens with one attached hydrogen (secondary N) is 1. The third-order valence-corrected chi connectivity index (χ3v) is 2.51. The Morgan fingerprint density at radius 2 is 2.10 bits per heavy atom. The van der Waals surface area contributed by atoms with Crippen molar-refractivity contribution in [2.24, 2.45) is 0 Å². The minimum absolute atomic E-state index is 0.0180. The lowest BCUT2D eigenvalue weighted by molar-refractivity contribution is -0.385. The van der Waals surface area contributed by atoms with Crippen LogP contribution in [0.15, 0.2) is 36.4 Å². The summed E-state index contributed by atoms with van der Waals surface area (Å²) in [5, 5.41) is 13.0. The number of carbonyl (C=O) groups excluding carboxylic acids is 1. The van der Waals surface area contributed by atoms with Gasteiger partial charge in [-0.2, -0.15) is 0 Å². The number of nitrogens with zero attached hydrogens (tertiary/aromatic N) is 2. The molecule has 1 aromatic heterocycles. The molecule has 0 aliphatic heterocycles. The van der Waals surface area contributed by atoms with E-state index >= 15 is 0 Å². The maximum Gasteiger partial charge on any atom is 0.274 e. The van der Waals surface area contributed by atoms with Crippen LogP contribution in [0.1, 0.15) is 10.5 Å². The molecule has 0 aliphatic carbocycles. The Morgan fingerprint density at radius 3 is 2.75 bits per heavy atom. The highest BCUT2D eigenvalue weighted by Gasteiger charge is 2.13. The number of nitro benzene ring substituents is 1. The van der Waals surface area contributed by atoms with Crippen LogP contribution in [-0.4, -0.2) is 15.8 Å². The zero-order valence-electron chi connectivity index (χ0n) is 9.84. The van der Waals surface area contributed by atoms with Crippen LogP contribution in [0, 0.1) is 15.9 Å². The van der Waals surface area contributed by atoms with Crippen molar-refractivity contribution in [2.45, 2.75) is 0 Å². The van der Waals surface area contributed by atoms with E-state index in [9.17, 15) is 19.3 Å². The van der Waals surface area contributed by atoms with Crippen LogP contribution in [0.3, 0.4) is 0 Å². The SMILES string of the molecule is O=C(Nc1cc(F)cc([N+](=O)[O-])c1)c1cccc(Cl)n1. The van der Waals surface area contributed by atoms with Crippen LogP contribution in [0.25, 0.3) is 0 Å². The quantitative estimate of drug-likeness (QED) is 0.536. The molecule has 6 nitrogen and oxygen atoms in total. The van der Waals surface area contributed by atoms with E-state index in [-0.39, 0.29) is 16.5 Å². The van der Waals surface area contributed by atoms with Gasteiger partial charge in [-0.1, -0.05) is 17.7 Å². The molecule has 0 unspecified atom stereocenters. The summed E-state index contributed by atoms with van der Waals surface area (Å²) in [4.78, 5) is 25.5. The molecule has 2 aromatic rings. The van der Waals surface area contributed by atoms with Crippen molar-refractivity contribution in [3.63, 3.8) is 0 Å². The Balaban J connectivity index is 2.26. The molecule has 0 atom stereocenters. The van der Waals surface area contributed by atoms with Gasteiger partial charge in [0.05, 0.1) is 16.7 Å². The number of pyridine rings is 1. The Hall–Kier alpha value is -2.54. The summed E-state index contributed by atoms with van der Waals surface area (Å²) in [6.07, 6.45) is 0. The van der Waals surface area contributed by atoms with Crippen LogP contribution in [0.5, 0.6) is 0 Å². The molecule has 0 saturated carbocycles. The first kappa shape index (κ1) is 13.9. The standard InChI is InChI=1S/C12H7ClFN3O3/c13-11-3-1-2-10(16-11)12(18)15-8-4-7(14)5-9(6-8)17(19)20/h1-6H,(H,15,18). The summed E-state index contributed by atoms with van der Waals surface area (Å²) in [5.74, 6) is -1.47. The van der Waals surface area contributed by atoms with E-state index in [1.807, 2.05) is 0 Å². The summed E-state index contributed by atoms with van der Waals surface area (Å²) in [6, 6.07) is 7.20. The summed E-state index contributed by atoms with van der Waals surface area (Å²) in [6.45, 7) is 0. The summed E-state index contributed by atoms with van der Waals surface area (Å²) in [7, 11) is 0. The van der Waals surface area contributed by atoms with Gasteiger partial charge in [0.1, 0.15) is 16.7 Å². The van der Waals surface area contributed by atoms with E-state index in [1.54, 1.807) is 0 Å². The number of amides is 1. The first-order chi connectivity index (χ1) is 9.45. The lowest BCUT2D eigenvalue weighted by Gasteiger charge is -2.05. The second kappa shape index (κ2) is 5.62. The molecule has 1 heterocycles. The highest BCUT2D eigenvalue weighted by molar-refractivity contribution is 6.29. The molecule has 8 heteroatoms. The Bertz CT molecular complexity index is 693. The molecule has 1 amide bonds. The largest absolute Gasteiger partial charge is 0.320 e. The van der Waals surface area contributed by atoms with Gasteiger partial charge in [-0.05, 0) is 18.2 Å². The van der Waals surface area contributed by atoms with Crippen molar-refractivity contribution < 1.29 is 14.1 Å². The number of carbonyl (C=O) groups is 1. The molecule has 20 heavy (non-hydrogen) atoms. The second-order valence-electron chi connectivity index (χ2n) is 3.75. The highest BCUT2D eigenvalue weighted by Crippen LogP contribution is 2.20. The van der Waals surface area contributed by atoms with Gasteiger partial charge >= 0.3 is 0 Å². The third kappa shape index (κ3) is 3.27. The summed E-state index contributed by atoms with van der Waals surface area (Å²) < 4.78 is 13.2. The van der Waals surface area contributed by atoms with Crippen LogP contribution in [0.2, 0.25) is 5.15 Å². The van der Waals surface area contributed by atoms with Crippen LogP contribution < -0.4 is 5.32 Å². The van der Waals surface area contributed by atoms with Gasteiger partial charge in [-0.25, -0.2) is 9.37 Å². The molecule has 0 bridgehead atoms. The van der Waals surface area contributed by atoms with E-state index in [0.29, 0.717) is 0 Å². The second-order valence-corrected chi connectivity index (χ2v) is 4.14. The molecule has 0 fully saturated rings. The maximum atomic E-state index is 13.2. The topological polar surface area (TPSA) is 85.1 Å². The molecule has 1 aromatic carbocycles. The number of benzene rings is 1. The number of hydrogen-bond donors (Lipinski definition) is 1. The zero-order chi connectivity index (χ0) is 14.7. The minimum Gasteiger partial charge on any atom is -0.320 e. The normalized spacial score (nSPS) is 10.1. The van der Waals surface area contributed by atoms with E-state index < -0.39 is 22.3 Å². The zero-order valence-corrected chi connectivity index (χ0v) is 10.6. The Kier molecular flexibility index (Phi) is 3.90. The smallest absolute Gasteiger partial charge is 0.274 e. The van der Waals surface area contributed by atoms with Gasteiger partial charge in [-0.15, -0.1) is 0 Å². The van der Waals surface area contributed by atoms with Gasteiger partial charge in [0.2, 0.25) is 0 Å². The molecule has 0 radical (unpaired) electrons. The molecule has 102 valence electrons. The number of nitro groups is 1. The first-order valence-electron chi connectivity index (χ1n) is 5.34. The van der Waals surface area contributed by atoms with Crippen LogP contribution >= 0.6 is 11.6 Å². The van der Waals surface area contributed by atoms with Crippen molar-refractivity contribution >= 4 is 28.9 Å². The van der Waals surface area contributed by atoms with Crippen LogP contribution in [-0.2, 0) is 0 Å². The molecule has 0 saturated heterocycles. The van der Waals surface area contributed by atoms with Gasteiger partial charge < -0.3 is 5.32 Å². The molecule has 0 aliphatic rings. The predicted molar refractivity (Wildman–Crippen MR) is 70.3 cm³/mol. The van der Waals surface area contributed by atoms with E-state index in [4.69, 9.17) is 11.6 Å². The minimum atomic E-state index is -0.825. The number of aromatic nitrogens is 1. The average molecular weight is 296 g/mol. The van der Waals surface area contributed by atoms with E-state index in [2.05, 4.69) is 10.3 Å². The van der Waals surface area contributed by atoms with Crippen LogP contribution in [0.4, 0.5) is 15.8 Å². The van der Waals surface area contributed by atoms with Gasteiger partial charge in [0.25, 0.3) is 11.6 Å². The number of non-ortho nitro benzene ring substituents is 1. The lowest BCUT2D eigenvalue weighted by atomic mass is 10.2. The number of halogens is 2. The van der Waals surface area contributed by atoms with Crippen molar-refractivity contribution in [1.82, 2.24) is 4.98 Å². The summed E-state index contributed by atoms with van der Waals surface area (Å²) >= 11 is 5.64. The van der Waals surface area contributed by atoms with Crippen molar-refractivity contribution in [1.29, 1.82) is 0 Å². The fourth-order valence-electron chi connectivity index (χ4n) is 1.48. The average Bonchev–Trinajstić information content (AvgIpc) is 2.37. The van der Waals surface area contributed by atoms with E-state index in [0.717, 1.165) is 18.2 Å². The van der Waals surface area contributed by atoms with Gasteiger partial charge in [0.15, 0.2) is 0 Å². The molecule has 0 spiro atoms. The monoisotopic (exact) mass is 295 g/mol. The number of hydrogen-bond acceptors (Lipinski definition) is 4. The molecular formula is C12H7ClFN3O3. The number of rotatable bonds is 3. The fourth-order valence-corrected chi connectivity index (χ4v) is 1.65. The summed E-state index contributed by atoms with van der Waals surface area (Å²) in [5.41, 5.74) is -0.479. The van der Waals surface area contributed by atoms with Gasteiger partial charge in [-0.3, -0.25) is 14.9 Å². The maximum absolute atomic E-state index is 13.2. The molecule has 2 rings (SSSR count). The third-order valence-electron chi connectivity index (χ3n) is 2.30.